The summed E-state index contributed by atoms with van der Waals surface area (Å²) < 4.78 is 8.63. The van der Waals surface area contributed by atoms with E-state index in [0.29, 0.717) is 27.4 Å². The molecule has 1 amide bonds. The number of thiazole rings is 1. The number of imidazole rings is 1. The van der Waals surface area contributed by atoms with Crippen LogP contribution in [0.2, 0.25) is 5.28 Å². The molecule has 2 aromatic heterocycles. The van der Waals surface area contributed by atoms with Crippen molar-refractivity contribution in [2.75, 3.05) is 5.32 Å². The van der Waals surface area contributed by atoms with Crippen molar-refractivity contribution >= 4 is 60.9 Å². The van der Waals surface area contributed by atoms with Crippen molar-refractivity contribution in [3.8, 4) is 5.75 Å². The van der Waals surface area contributed by atoms with Crippen LogP contribution < -0.4 is 15.8 Å². The Labute approximate surface area is 170 Å². The Morgan fingerprint density at radius 2 is 2.04 bits per heavy atom. The maximum absolute atomic E-state index is 11.6. The third-order valence-corrected chi connectivity index (χ3v) is 5.50. The van der Waals surface area contributed by atoms with Gasteiger partial charge in [0.15, 0.2) is 5.13 Å². The molecule has 2 aromatic carbocycles. The van der Waals surface area contributed by atoms with Crippen LogP contribution in [-0.4, -0.2) is 26.5 Å². The fourth-order valence-electron chi connectivity index (χ4n) is 2.92. The van der Waals surface area contributed by atoms with Crippen LogP contribution in [-0.2, 0) is 7.05 Å². The van der Waals surface area contributed by atoms with Crippen LogP contribution in [0.5, 0.6) is 5.75 Å². The fraction of sp³-hybridized carbons (Fsp3) is 0.211. The van der Waals surface area contributed by atoms with Crippen molar-refractivity contribution in [3.63, 3.8) is 0 Å². The number of benzene rings is 2. The lowest BCUT2D eigenvalue weighted by Gasteiger charge is -2.15. The highest BCUT2D eigenvalue weighted by Gasteiger charge is 2.15. The van der Waals surface area contributed by atoms with Crippen molar-refractivity contribution in [1.29, 1.82) is 0 Å². The summed E-state index contributed by atoms with van der Waals surface area (Å²) in [5, 5.41) is 4.32. The lowest BCUT2D eigenvalue weighted by Crippen LogP contribution is -2.12. The molecule has 0 aliphatic rings. The van der Waals surface area contributed by atoms with E-state index >= 15 is 0 Å². The maximum Gasteiger partial charge on any atom is 0.248 e. The number of carbonyl (C=O) groups is 1. The second-order valence-corrected chi connectivity index (χ2v) is 7.97. The number of ether oxygens (including phenoxy) is 1. The molecule has 0 atom stereocenters. The number of fused-ring (bicyclic) bond motifs is 3. The van der Waals surface area contributed by atoms with E-state index in [1.54, 1.807) is 18.2 Å². The lowest BCUT2D eigenvalue weighted by atomic mass is 10.1. The first-order chi connectivity index (χ1) is 13.3. The fourth-order valence-corrected chi connectivity index (χ4v) is 3.98. The van der Waals surface area contributed by atoms with Gasteiger partial charge in [0, 0.05) is 12.6 Å². The van der Waals surface area contributed by atoms with Crippen molar-refractivity contribution < 1.29 is 9.53 Å². The number of aryl methyl sites for hydroxylation is 1. The van der Waals surface area contributed by atoms with Gasteiger partial charge >= 0.3 is 0 Å². The Bertz CT molecular complexity index is 1210. The number of hydrogen-bond acceptors (Lipinski definition) is 6. The molecule has 0 bridgehead atoms. The molecule has 144 valence electrons. The van der Waals surface area contributed by atoms with E-state index in [9.17, 15) is 4.79 Å². The predicted octanol–water partition coefficient (Wildman–Crippen LogP) is 4.47. The molecule has 0 aliphatic carbocycles. The van der Waals surface area contributed by atoms with Crippen molar-refractivity contribution in [2.45, 2.75) is 20.0 Å². The molecule has 7 nitrogen and oxygen atoms in total. The predicted molar refractivity (Wildman–Crippen MR) is 113 cm³/mol. The number of amides is 1. The molecule has 0 unspecified atom stereocenters. The molecular weight excluding hydrogens is 398 g/mol. The van der Waals surface area contributed by atoms with Crippen molar-refractivity contribution in [2.24, 2.45) is 12.8 Å². The summed E-state index contributed by atoms with van der Waals surface area (Å²) in [5.74, 6) is 0.110. The van der Waals surface area contributed by atoms with E-state index in [1.807, 2.05) is 37.6 Å². The minimum atomic E-state index is -0.506. The topological polar surface area (TPSA) is 95.1 Å². The molecule has 4 rings (SSSR count). The summed E-state index contributed by atoms with van der Waals surface area (Å²) >= 11 is 7.63. The van der Waals surface area contributed by atoms with E-state index in [-0.39, 0.29) is 6.10 Å². The largest absolute Gasteiger partial charge is 0.489 e. The molecule has 4 aromatic rings. The van der Waals surface area contributed by atoms with Crippen LogP contribution in [0.3, 0.4) is 0 Å². The number of halogens is 1. The van der Waals surface area contributed by atoms with Gasteiger partial charge in [0.1, 0.15) is 16.8 Å². The van der Waals surface area contributed by atoms with Gasteiger partial charge in [-0.3, -0.25) is 4.79 Å². The van der Waals surface area contributed by atoms with Crippen LogP contribution in [0.1, 0.15) is 24.2 Å². The molecular formula is C19H18ClN5O2S. The number of anilines is 2. The van der Waals surface area contributed by atoms with Gasteiger partial charge in [0.2, 0.25) is 11.2 Å². The zero-order valence-corrected chi connectivity index (χ0v) is 17.1. The summed E-state index contributed by atoms with van der Waals surface area (Å²) in [6.45, 7) is 3.87. The number of nitrogens with one attached hydrogen (secondary N) is 1. The number of nitrogens with two attached hydrogens (primary N) is 1. The van der Waals surface area contributed by atoms with Gasteiger partial charge in [-0.2, -0.15) is 0 Å². The number of primary amides is 1. The Morgan fingerprint density at radius 1 is 1.25 bits per heavy atom. The Hall–Kier alpha value is -2.84. The zero-order chi connectivity index (χ0) is 20.0. The second kappa shape index (κ2) is 6.96. The first-order valence-corrected chi connectivity index (χ1v) is 9.82. The van der Waals surface area contributed by atoms with E-state index in [0.717, 1.165) is 21.3 Å². The second-order valence-electron chi connectivity index (χ2n) is 6.61. The highest BCUT2D eigenvalue weighted by Crippen LogP contribution is 2.36. The van der Waals surface area contributed by atoms with Crippen molar-refractivity contribution in [3.05, 3.63) is 41.2 Å². The quantitative estimate of drug-likeness (QED) is 0.501. The molecule has 9 heteroatoms. The third kappa shape index (κ3) is 3.25. The van der Waals surface area contributed by atoms with E-state index < -0.39 is 5.91 Å². The van der Waals surface area contributed by atoms with Gasteiger partial charge in [-0.25, -0.2) is 9.97 Å². The van der Waals surface area contributed by atoms with E-state index in [4.69, 9.17) is 22.1 Å². The smallest absolute Gasteiger partial charge is 0.248 e. The van der Waals surface area contributed by atoms with Gasteiger partial charge in [0.05, 0.1) is 22.0 Å². The number of aromatic nitrogens is 3. The normalized spacial score (nSPS) is 11.5. The molecule has 0 radical (unpaired) electrons. The molecule has 0 saturated heterocycles. The van der Waals surface area contributed by atoms with E-state index in [1.165, 1.54) is 11.3 Å². The summed E-state index contributed by atoms with van der Waals surface area (Å²) in [6.07, 6.45) is -0.0226. The monoisotopic (exact) mass is 415 g/mol. The number of carbonyl (C=O) groups excluding carboxylic acids is 1. The van der Waals surface area contributed by atoms with Crippen LogP contribution >= 0.6 is 22.9 Å². The van der Waals surface area contributed by atoms with Gasteiger partial charge in [-0.1, -0.05) is 11.3 Å². The molecule has 0 fully saturated rings. The minimum absolute atomic E-state index is 0.0226. The average molecular weight is 416 g/mol. The summed E-state index contributed by atoms with van der Waals surface area (Å²) in [4.78, 5) is 20.7. The first kappa shape index (κ1) is 18.5. The standard InChI is InChI=1S/C19H18ClN5O2S/c1-9(2)27-13-6-4-10(17(21)26)8-11(13)22-19-24-16-14(28-19)7-5-12-15(16)23-18(20)25(12)3/h4-9H,1-3H3,(H2,21,26)(H,22,24). The van der Waals surface area contributed by atoms with Crippen LogP contribution in [0, 0.1) is 0 Å². The molecule has 0 saturated carbocycles. The van der Waals surface area contributed by atoms with E-state index in [2.05, 4.69) is 15.3 Å². The minimum Gasteiger partial charge on any atom is -0.489 e. The lowest BCUT2D eigenvalue weighted by molar-refractivity contribution is 0.100. The molecule has 28 heavy (non-hydrogen) atoms. The molecule has 0 aliphatic heterocycles. The van der Waals surface area contributed by atoms with Gasteiger partial charge in [-0.05, 0) is 55.8 Å². The first-order valence-electron chi connectivity index (χ1n) is 8.62. The Balaban J connectivity index is 1.79. The van der Waals surface area contributed by atoms with Gasteiger partial charge < -0.3 is 20.4 Å². The maximum atomic E-state index is 11.6. The molecule has 0 spiro atoms. The summed E-state index contributed by atoms with van der Waals surface area (Å²) in [6, 6.07) is 9.00. The number of rotatable bonds is 5. The number of nitrogens with zero attached hydrogens (tertiary/aromatic N) is 3. The number of hydrogen-bond donors (Lipinski definition) is 2. The molecule has 2 heterocycles. The van der Waals surface area contributed by atoms with Crippen LogP contribution in [0.4, 0.5) is 10.8 Å². The highest BCUT2D eigenvalue weighted by molar-refractivity contribution is 7.22. The van der Waals surface area contributed by atoms with Crippen LogP contribution in [0.15, 0.2) is 30.3 Å². The Kier molecular flexibility index (Phi) is 4.60. The summed E-state index contributed by atoms with van der Waals surface area (Å²) in [7, 11) is 1.86. The third-order valence-electron chi connectivity index (χ3n) is 4.22. The summed E-state index contributed by atoms with van der Waals surface area (Å²) in [5.41, 5.74) is 8.86. The molecule has 3 N–H and O–H groups in total. The van der Waals surface area contributed by atoms with Gasteiger partial charge in [-0.15, -0.1) is 0 Å². The van der Waals surface area contributed by atoms with Crippen molar-refractivity contribution in [1.82, 2.24) is 14.5 Å². The van der Waals surface area contributed by atoms with Gasteiger partial charge in [0.25, 0.3) is 0 Å². The van der Waals surface area contributed by atoms with Crippen LogP contribution in [0.25, 0.3) is 21.3 Å². The SMILES string of the molecule is CC(C)Oc1ccc(C(N)=O)cc1Nc1nc2c(ccc3c2nc(Cl)n3C)s1. The zero-order valence-electron chi connectivity index (χ0n) is 15.5. The Morgan fingerprint density at radius 3 is 2.75 bits per heavy atom. The average Bonchev–Trinajstić information content (AvgIpc) is 3.17. The highest BCUT2D eigenvalue weighted by atomic mass is 35.5.